The van der Waals surface area contributed by atoms with Crippen LogP contribution in [0.4, 0.5) is 10.1 Å². The normalized spacial score (nSPS) is 18.6. The molecule has 2 aliphatic heterocycles. The number of piperidine rings is 1. The lowest BCUT2D eigenvalue weighted by atomic mass is 9.93. The Kier molecular flexibility index (Phi) is 6.72. The second-order valence-electron chi connectivity index (χ2n) is 9.97. The minimum Gasteiger partial charge on any atom is -0.477 e. The third kappa shape index (κ3) is 4.71. The number of hydrogen-bond acceptors (Lipinski definition) is 6. The Labute approximate surface area is 213 Å². The van der Waals surface area contributed by atoms with Gasteiger partial charge in [-0.05, 0) is 37.8 Å². The molecule has 0 bridgehead atoms. The lowest BCUT2D eigenvalue weighted by Gasteiger charge is -2.37. The Morgan fingerprint density at radius 3 is 2.57 bits per heavy atom. The highest BCUT2D eigenvalue weighted by atomic mass is 19.1. The lowest BCUT2D eigenvalue weighted by molar-refractivity contribution is -0.151. The van der Waals surface area contributed by atoms with Crippen LogP contribution < -0.4 is 16.1 Å². The average Bonchev–Trinajstić information content (AvgIpc) is 2.88. The second kappa shape index (κ2) is 9.97. The third-order valence-electron chi connectivity index (χ3n) is 7.50. The number of carbonyl (C=O) groups excluding carboxylic acids is 1. The zero-order valence-electron chi connectivity index (χ0n) is 20.7. The molecule has 194 valence electrons. The molecule has 0 saturated carbocycles. The minimum atomic E-state index is -1.32. The van der Waals surface area contributed by atoms with Gasteiger partial charge in [-0.25, -0.2) is 9.18 Å². The Bertz CT molecular complexity index is 1410. The summed E-state index contributed by atoms with van der Waals surface area (Å²) >= 11 is 0. The molecule has 2 atom stereocenters. The van der Waals surface area contributed by atoms with Gasteiger partial charge in [0.1, 0.15) is 23.5 Å². The van der Waals surface area contributed by atoms with E-state index in [-0.39, 0.29) is 23.1 Å². The highest BCUT2D eigenvalue weighted by molar-refractivity contribution is 5.95. The fourth-order valence-corrected chi connectivity index (χ4v) is 5.53. The van der Waals surface area contributed by atoms with Crippen molar-refractivity contribution >= 4 is 28.5 Å². The van der Waals surface area contributed by atoms with Crippen LogP contribution in [0.1, 0.15) is 53.7 Å². The summed E-state index contributed by atoms with van der Waals surface area (Å²) in [4.78, 5) is 39.0. The van der Waals surface area contributed by atoms with Crippen molar-refractivity contribution in [3.63, 3.8) is 0 Å². The van der Waals surface area contributed by atoms with Gasteiger partial charge in [0, 0.05) is 49.1 Å². The molecule has 0 spiro atoms. The van der Waals surface area contributed by atoms with E-state index in [0.29, 0.717) is 56.4 Å². The quantitative estimate of drug-likeness (QED) is 0.491. The standard InChI is InChI=1S/C28H30FN3O5/c1-16-7-8-19-24-20(26(33)21(27(34)35)15-32(16)24)14-22(29)25(19)31-11-9-18(10-12-31)37-28(36)23(30)13-17-5-3-2-4-6-17/h2-6,14-16,18,23H,7-13,30H2,1H3,(H,34,35)/t16-,23+/m0/s1. The monoisotopic (exact) mass is 507 g/mol. The first-order valence-corrected chi connectivity index (χ1v) is 12.6. The topological polar surface area (TPSA) is 115 Å². The van der Waals surface area contributed by atoms with Gasteiger partial charge in [-0.3, -0.25) is 9.59 Å². The molecule has 3 aromatic rings. The van der Waals surface area contributed by atoms with Crippen LogP contribution in [0.3, 0.4) is 0 Å². The van der Waals surface area contributed by atoms with Crippen molar-refractivity contribution in [1.29, 1.82) is 0 Å². The number of pyridine rings is 1. The number of halogens is 1. The minimum absolute atomic E-state index is 0.0164. The summed E-state index contributed by atoms with van der Waals surface area (Å²) in [5, 5.41) is 9.58. The molecular weight excluding hydrogens is 477 g/mol. The Balaban J connectivity index is 1.35. The fourth-order valence-electron chi connectivity index (χ4n) is 5.53. The largest absolute Gasteiger partial charge is 0.477 e. The number of hydrogen-bond donors (Lipinski definition) is 2. The summed E-state index contributed by atoms with van der Waals surface area (Å²) in [6.45, 7) is 2.92. The van der Waals surface area contributed by atoms with Gasteiger partial charge in [0.25, 0.3) is 0 Å². The number of aromatic nitrogens is 1. The van der Waals surface area contributed by atoms with Crippen LogP contribution in [0, 0.1) is 5.82 Å². The van der Waals surface area contributed by atoms with Gasteiger partial charge in [-0.15, -0.1) is 0 Å². The molecule has 3 heterocycles. The zero-order chi connectivity index (χ0) is 26.3. The van der Waals surface area contributed by atoms with E-state index in [9.17, 15) is 19.5 Å². The number of ether oxygens (including phenoxy) is 1. The maximum absolute atomic E-state index is 15.5. The number of carbonyl (C=O) groups is 2. The van der Waals surface area contributed by atoms with Crippen molar-refractivity contribution in [1.82, 2.24) is 4.57 Å². The van der Waals surface area contributed by atoms with Crippen molar-refractivity contribution in [2.75, 3.05) is 18.0 Å². The van der Waals surface area contributed by atoms with E-state index in [0.717, 1.165) is 11.1 Å². The van der Waals surface area contributed by atoms with E-state index in [1.165, 1.54) is 12.3 Å². The molecule has 2 aliphatic rings. The number of aryl methyl sites for hydroxylation is 1. The molecule has 5 rings (SSSR count). The molecule has 1 aromatic heterocycles. The maximum Gasteiger partial charge on any atom is 0.341 e. The predicted octanol–water partition coefficient (Wildman–Crippen LogP) is 3.43. The van der Waals surface area contributed by atoms with Crippen molar-refractivity contribution in [2.45, 2.75) is 57.2 Å². The van der Waals surface area contributed by atoms with Gasteiger partial charge >= 0.3 is 11.9 Å². The number of benzene rings is 2. The van der Waals surface area contributed by atoms with Crippen molar-refractivity contribution in [3.05, 3.63) is 75.3 Å². The molecule has 1 fully saturated rings. The molecule has 3 N–H and O–H groups in total. The molecule has 37 heavy (non-hydrogen) atoms. The van der Waals surface area contributed by atoms with Crippen molar-refractivity contribution in [2.24, 2.45) is 5.73 Å². The van der Waals surface area contributed by atoms with Gasteiger partial charge in [0.2, 0.25) is 5.43 Å². The summed E-state index contributed by atoms with van der Waals surface area (Å²) in [5.74, 6) is -2.30. The highest BCUT2D eigenvalue weighted by Gasteiger charge is 2.31. The summed E-state index contributed by atoms with van der Waals surface area (Å²) < 4.78 is 23.0. The molecule has 8 nitrogen and oxygen atoms in total. The number of carboxylic acid groups (broad SMARTS) is 1. The van der Waals surface area contributed by atoms with Gasteiger partial charge in [0.05, 0.1) is 11.2 Å². The number of rotatable bonds is 6. The summed E-state index contributed by atoms with van der Waals surface area (Å²) in [6, 6.07) is 9.93. The van der Waals surface area contributed by atoms with Crippen LogP contribution in [-0.2, 0) is 22.4 Å². The van der Waals surface area contributed by atoms with Gasteiger partial charge in [-0.1, -0.05) is 30.3 Å². The number of aromatic carboxylic acids is 1. The van der Waals surface area contributed by atoms with Crippen molar-refractivity contribution < 1.29 is 23.8 Å². The van der Waals surface area contributed by atoms with Crippen LogP contribution in [0.15, 0.2) is 47.4 Å². The fraction of sp³-hybridized carbons (Fsp3) is 0.393. The molecule has 0 unspecified atom stereocenters. The Hall–Kier alpha value is -3.72. The van der Waals surface area contributed by atoms with E-state index in [1.807, 2.05) is 42.2 Å². The van der Waals surface area contributed by atoms with Gasteiger partial charge in [0.15, 0.2) is 0 Å². The van der Waals surface area contributed by atoms with Crippen molar-refractivity contribution in [3.8, 4) is 0 Å². The summed E-state index contributed by atoms with van der Waals surface area (Å²) in [6.07, 6.45) is 3.82. The van der Waals surface area contributed by atoms with E-state index < -0.39 is 29.2 Å². The predicted molar refractivity (Wildman–Crippen MR) is 138 cm³/mol. The van der Waals surface area contributed by atoms with Gasteiger partial charge in [-0.2, -0.15) is 0 Å². The van der Waals surface area contributed by atoms with Crippen LogP contribution >= 0.6 is 0 Å². The molecule has 9 heteroatoms. The molecule has 1 saturated heterocycles. The average molecular weight is 508 g/mol. The molecule has 0 amide bonds. The smallest absolute Gasteiger partial charge is 0.341 e. The Morgan fingerprint density at radius 1 is 1.19 bits per heavy atom. The number of esters is 1. The molecule has 2 aromatic carbocycles. The second-order valence-corrected chi connectivity index (χ2v) is 9.97. The van der Waals surface area contributed by atoms with Crippen LogP contribution in [0.5, 0.6) is 0 Å². The number of nitrogens with zero attached hydrogens (tertiary/aromatic N) is 2. The number of nitrogens with two attached hydrogens (primary N) is 1. The number of carboxylic acids is 1. The first-order chi connectivity index (χ1) is 17.7. The SMILES string of the molecule is C[C@H]1CCc2c(N3CCC(OC(=O)[C@H](N)Cc4ccccc4)CC3)c(F)cc3c(=O)c(C(=O)O)cn1c23. The van der Waals surface area contributed by atoms with Gasteiger partial charge < -0.3 is 25.0 Å². The Morgan fingerprint density at radius 2 is 1.89 bits per heavy atom. The molecular formula is C28H30FN3O5. The summed E-state index contributed by atoms with van der Waals surface area (Å²) in [5.41, 5.74) is 7.78. The van der Waals surface area contributed by atoms with E-state index >= 15 is 4.39 Å². The van der Waals surface area contributed by atoms with Crippen LogP contribution in [-0.4, -0.2) is 46.8 Å². The van der Waals surface area contributed by atoms with E-state index in [4.69, 9.17) is 10.5 Å². The molecule has 0 radical (unpaired) electrons. The molecule has 0 aliphatic carbocycles. The lowest BCUT2D eigenvalue weighted by Crippen LogP contribution is -2.42. The van der Waals surface area contributed by atoms with E-state index in [1.54, 1.807) is 4.57 Å². The first kappa shape index (κ1) is 25.0. The highest BCUT2D eigenvalue weighted by Crippen LogP contribution is 2.39. The van der Waals surface area contributed by atoms with Crippen LogP contribution in [0.2, 0.25) is 0 Å². The first-order valence-electron chi connectivity index (χ1n) is 12.6. The third-order valence-corrected chi connectivity index (χ3v) is 7.50. The maximum atomic E-state index is 15.5. The number of anilines is 1. The van der Waals surface area contributed by atoms with Crippen LogP contribution in [0.25, 0.3) is 10.9 Å². The summed E-state index contributed by atoms with van der Waals surface area (Å²) in [7, 11) is 0. The zero-order valence-corrected chi connectivity index (χ0v) is 20.7. The van der Waals surface area contributed by atoms with E-state index in [2.05, 4.69) is 0 Å².